The highest BCUT2D eigenvalue weighted by Crippen LogP contribution is 2.54. The number of aliphatic hydroxyl groups is 1. The average Bonchev–Trinajstić information content (AvgIpc) is 2.81. The minimum atomic E-state index is -4.76. The van der Waals surface area contributed by atoms with E-state index in [1.807, 2.05) is 13.0 Å². The molecule has 0 aromatic heterocycles. The Labute approximate surface area is 214 Å². The third kappa shape index (κ3) is 4.93. The highest BCUT2D eigenvalue weighted by Gasteiger charge is 2.46. The fourth-order valence-corrected chi connectivity index (χ4v) is 5.73. The van der Waals surface area contributed by atoms with Crippen LogP contribution in [0.4, 0.5) is 17.6 Å². The van der Waals surface area contributed by atoms with Crippen LogP contribution in [0.25, 0.3) is 11.1 Å². The Morgan fingerprint density at radius 3 is 2.19 bits per heavy atom. The molecule has 0 bridgehead atoms. The summed E-state index contributed by atoms with van der Waals surface area (Å²) in [5.74, 6) is -0.139. The molecule has 2 atom stereocenters. The number of hydrogen-bond donors (Lipinski definition) is 1. The molecule has 7 heteroatoms. The first-order valence-corrected chi connectivity index (χ1v) is 12.7. The molecule has 3 aromatic rings. The molecule has 5 rings (SSSR count). The van der Waals surface area contributed by atoms with Crippen LogP contribution >= 0.6 is 0 Å². The van der Waals surface area contributed by atoms with E-state index in [9.17, 15) is 22.7 Å². The van der Waals surface area contributed by atoms with Gasteiger partial charge < -0.3 is 14.6 Å². The van der Waals surface area contributed by atoms with Crippen molar-refractivity contribution in [3.05, 3.63) is 82.7 Å². The lowest BCUT2D eigenvalue weighted by atomic mass is 9.71. The highest BCUT2D eigenvalue weighted by atomic mass is 19.4. The van der Waals surface area contributed by atoms with Crippen molar-refractivity contribution in [1.29, 1.82) is 0 Å². The monoisotopic (exact) mass is 514 g/mol. The van der Waals surface area contributed by atoms with Crippen LogP contribution < -0.4 is 9.47 Å². The molecule has 0 radical (unpaired) electrons. The van der Waals surface area contributed by atoms with Crippen molar-refractivity contribution in [3.8, 4) is 22.6 Å². The zero-order valence-electron chi connectivity index (χ0n) is 21.0. The Bertz CT molecular complexity index is 1280. The maximum atomic E-state index is 13.9. The molecule has 0 saturated heterocycles. The molecule has 1 spiro atoms. The Hall–Kier alpha value is -3.06. The summed E-state index contributed by atoms with van der Waals surface area (Å²) in [4.78, 5) is 0. The van der Waals surface area contributed by atoms with E-state index in [0.717, 1.165) is 47.1 Å². The zero-order valence-corrected chi connectivity index (χ0v) is 21.0. The van der Waals surface area contributed by atoms with Crippen LogP contribution in [0.15, 0.2) is 54.6 Å². The first-order chi connectivity index (χ1) is 17.5. The van der Waals surface area contributed by atoms with Gasteiger partial charge in [0.15, 0.2) is 0 Å². The second-order valence-corrected chi connectivity index (χ2v) is 10.5. The summed E-state index contributed by atoms with van der Waals surface area (Å²) in [6.45, 7) is 6.14. The molecular weight excluding hydrogens is 484 g/mol. The molecule has 196 valence electrons. The maximum Gasteiger partial charge on any atom is 0.573 e. The zero-order chi connectivity index (χ0) is 26.5. The van der Waals surface area contributed by atoms with Crippen molar-refractivity contribution in [2.45, 2.75) is 76.4 Å². The molecule has 1 N–H and O–H groups in total. The van der Waals surface area contributed by atoms with Gasteiger partial charge in [-0.15, -0.1) is 13.2 Å². The molecule has 1 unspecified atom stereocenters. The van der Waals surface area contributed by atoms with Gasteiger partial charge in [-0.25, -0.2) is 4.39 Å². The molecule has 1 fully saturated rings. The summed E-state index contributed by atoms with van der Waals surface area (Å²) in [7, 11) is 0. The molecule has 1 aliphatic carbocycles. The van der Waals surface area contributed by atoms with Gasteiger partial charge in [0.1, 0.15) is 22.9 Å². The van der Waals surface area contributed by atoms with Gasteiger partial charge >= 0.3 is 6.36 Å². The Morgan fingerprint density at radius 2 is 1.65 bits per heavy atom. The van der Waals surface area contributed by atoms with E-state index in [4.69, 9.17) is 4.74 Å². The molecule has 37 heavy (non-hydrogen) atoms. The second-order valence-electron chi connectivity index (χ2n) is 10.5. The fraction of sp³-hybridized carbons (Fsp3) is 0.400. The van der Waals surface area contributed by atoms with Crippen LogP contribution in [0.5, 0.6) is 11.5 Å². The van der Waals surface area contributed by atoms with Gasteiger partial charge in [-0.1, -0.05) is 45.0 Å². The molecular formula is C30H30F4O3. The van der Waals surface area contributed by atoms with Gasteiger partial charge in [-0.2, -0.15) is 0 Å². The normalized spacial score (nSPS) is 19.2. The lowest BCUT2D eigenvalue weighted by Gasteiger charge is -2.48. The van der Waals surface area contributed by atoms with Crippen molar-refractivity contribution in [1.82, 2.24) is 0 Å². The topological polar surface area (TPSA) is 38.7 Å². The van der Waals surface area contributed by atoms with E-state index in [-0.39, 0.29) is 29.0 Å². The van der Waals surface area contributed by atoms with Gasteiger partial charge in [0.05, 0.1) is 6.10 Å². The largest absolute Gasteiger partial charge is 0.573 e. The van der Waals surface area contributed by atoms with Crippen molar-refractivity contribution in [3.63, 3.8) is 0 Å². The van der Waals surface area contributed by atoms with Gasteiger partial charge in [0.25, 0.3) is 0 Å². The minimum absolute atomic E-state index is 0.0924. The van der Waals surface area contributed by atoms with E-state index >= 15 is 0 Å². The summed E-state index contributed by atoms with van der Waals surface area (Å²) in [6.07, 6.45) is -2.16. The molecule has 3 nitrogen and oxygen atoms in total. The summed E-state index contributed by atoms with van der Waals surface area (Å²) >= 11 is 0. The summed E-state index contributed by atoms with van der Waals surface area (Å²) in [6, 6.07) is 14.1. The standard InChI is InChI=1S/C30H30F4O3/c1-17(2)23-15-25-28(24(35)16-29(37-25)13-4-14-29)27(20-5-9-21(31)10-6-20)26(23)18(3)19-7-11-22(12-8-19)36-30(32,33)34/h5-12,15,17-18,24,35H,4,13-14,16H2,1-3H3/t18?,24-/m0/s1. The molecule has 1 heterocycles. The Balaban J connectivity index is 1.69. The molecule has 1 aliphatic heterocycles. The average molecular weight is 515 g/mol. The first kappa shape index (κ1) is 25.6. The number of hydrogen-bond acceptors (Lipinski definition) is 3. The van der Waals surface area contributed by atoms with E-state index in [0.29, 0.717) is 17.7 Å². The van der Waals surface area contributed by atoms with Crippen LogP contribution in [0.2, 0.25) is 0 Å². The predicted octanol–water partition coefficient (Wildman–Crippen LogP) is 8.41. The van der Waals surface area contributed by atoms with Crippen LogP contribution in [0.1, 0.15) is 86.6 Å². The first-order valence-electron chi connectivity index (χ1n) is 12.7. The smallest absolute Gasteiger partial charge is 0.487 e. The highest BCUT2D eigenvalue weighted by molar-refractivity contribution is 5.78. The number of aliphatic hydroxyl groups excluding tert-OH is 1. The number of alkyl halides is 3. The third-order valence-electron chi connectivity index (χ3n) is 7.69. The van der Waals surface area contributed by atoms with Crippen molar-refractivity contribution in [2.24, 2.45) is 0 Å². The second kappa shape index (κ2) is 9.35. The lowest BCUT2D eigenvalue weighted by Crippen LogP contribution is -2.47. The molecule has 1 saturated carbocycles. The molecule has 0 amide bonds. The fourth-order valence-electron chi connectivity index (χ4n) is 5.73. The van der Waals surface area contributed by atoms with Crippen molar-refractivity contribution in [2.75, 3.05) is 0 Å². The van der Waals surface area contributed by atoms with Gasteiger partial charge in [-0.05, 0) is 83.3 Å². The number of fused-ring (bicyclic) bond motifs is 1. The van der Waals surface area contributed by atoms with Crippen LogP contribution in [0, 0.1) is 5.82 Å². The summed E-state index contributed by atoms with van der Waals surface area (Å²) < 4.78 is 62.5. The number of halogens is 4. The van der Waals surface area contributed by atoms with Crippen LogP contribution in [-0.2, 0) is 0 Å². The lowest BCUT2D eigenvalue weighted by molar-refractivity contribution is -0.274. The van der Waals surface area contributed by atoms with E-state index in [1.54, 1.807) is 24.3 Å². The Kier molecular flexibility index (Phi) is 6.47. The SMILES string of the molecule is CC(C)c1cc2c(c(-c3ccc(F)cc3)c1C(C)c1ccc(OC(F)(F)F)cc1)[C@@H](O)CC1(CCC1)O2. The molecule has 2 aliphatic rings. The number of benzene rings is 3. The Morgan fingerprint density at radius 1 is 1.00 bits per heavy atom. The molecule has 3 aromatic carbocycles. The van der Waals surface area contributed by atoms with E-state index in [2.05, 4.69) is 18.6 Å². The van der Waals surface area contributed by atoms with E-state index < -0.39 is 12.5 Å². The third-order valence-corrected chi connectivity index (χ3v) is 7.69. The van der Waals surface area contributed by atoms with Gasteiger partial charge in [-0.3, -0.25) is 0 Å². The van der Waals surface area contributed by atoms with Gasteiger partial charge in [0, 0.05) is 17.9 Å². The van der Waals surface area contributed by atoms with Gasteiger partial charge in [0.2, 0.25) is 0 Å². The quantitative estimate of drug-likeness (QED) is 0.348. The van der Waals surface area contributed by atoms with E-state index in [1.165, 1.54) is 24.3 Å². The van der Waals surface area contributed by atoms with Crippen molar-refractivity contribution < 1.29 is 32.1 Å². The van der Waals surface area contributed by atoms with Crippen LogP contribution in [-0.4, -0.2) is 17.1 Å². The predicted molar refractivity (Wildman–Crippen MR) is 133 cm³/mol. The van der Waals surface area contributed by atoms with Crippen LogP contribution in [0.3, 0.4) is 0 Å². The van der Waals surface area contributed by atoms with Crippen molar-refractivity contribution >= 4 is 0 Å². The summed E-state index contributed by atoms with van der Waals surface area (Å²) in [5, 5.41) is 11.4. The summed E-state index contributed by atoms with van der Waals surface area (Å²) in [5.41, 5.74) is 4.65. The number of ether oxygens (including phenoxy) is 2. The maximum absolute atomic E-state index is 13.9. The number of rotatable bonds is 5. The minimum Gasteiger partial charge on any atom is -0.487 e.